The van der Waals surface area contributed by atoms with Gasteiger partial charge in [-0.3, -0.25) is 0 Å². The summed E-state index contributed by atoms with van der Waals surface area (Å²) in [7, 11) is 1.36. The minimum atomic E-state index is -0.443. The molecule has 184 valence electrons. The number of halogens is 1. The molecule has 1 aromatic heterocycles. The third-order valence-electron chi connectivity index (χ3n) is 6.01. The number of esters is 1. The number of aromatic nitrogens is 1. The molecule has 0 bridgehead atoms. The summed E-state index contributed by atoms with van der Waals surface area (Å²) >= 11 is 1.61. The molecule has 0 saturated carbocycles. The number of para-hydroxylation sites is 1. The van der Waals surface area contributed by atoms with Crippen LogP contribution >= 0.6 is 11.3 Å². The molecule has 3 aromatic rings. The monoisotopic (exact) mass is 496 g/mol. The highest BCUT2D eigenvalue weighted by Crippen LogP contribution is 2.32. The zero-order valence-electron chi connectivity index (χ0n) is 19.8. The molecule has 7 nitrogen and oxygen atoms in total. The number of anilines is 2. The van der Waals surface area contributed by atoms with Crippen molar-refractivity contribution >= 4 is 34.2 Å². The van der Waals surface area contributed by atoms with Crippen LogP contribution in [0.3, 0.4) is 0 Å². The van der Waals surface area contributed by atoms with E-state index in [4.69, 9.17) is 9.72 Å². The van der Waals surface area contributed by atoms with Gasteiger partial charge in [-0.25, -0.2) is 19.0 Å². The van der Waals surface area contributed by atoms with E-state index in [1.165, 1.54) is 18.1 Å². The quantitative estimate of drug-likeness (QED) is 0.404. The fourth-order valence-corrected chi connectivity index (χ4v) is 5.27. The number of carbonyl (C=O) groups excluding carboxylic acids is 2. The number of fused-ring (bicyclic) bond motifs is 1. The van der Waals surface area contributed by atoms with E-state index in [0.717, 1.165) is 42.1 Å². The Morgan fingerprint density at radius 2 is 1.97 bits per heavy atom. The van der Waals surface area contributed by atoms with Crippen molar-refractivity contribution in [3.8, 4) is 0 Å². The number of hydrogen-bond donors (Lipinski definition) is 2. The highest BCUT2D eigenvalue weighted by molar-refractivity contribution is 7.15. The van der Waals surface area contributed by atoms with Gasteiger partial charge in [-0.15, -0.1) is 11.3 Å². The highest BCUT2D eigenvalue weighted by Gasteiger charge is 2.30. The number of nitrogens with one attached hydrogen (secondary N) is 2. The van der Waals surface area contributed by atoms with Crippen molar-refractivity contribution in [1.29, 1.82) is 0 Å². The van der Waals surface area contributed by atoms with E-state index in [0.29, 0.717) is 18.7 Å². The van der Waals surface area contributed by atoms with E-state index < -0.39 is 5.82 Å². The molecule has 0 saturated heterocycles. The molecule has 9 heteroatoms. The molecular formula is C26H29FN4O3S. The minimum Gasteiger partial charge on any atom is -0.465 e. The average Bonchev–Trinajstić information content (AvgIpc) is 3.29. The summed E-state index contributed by atoms with van der Waals surface area (Å²) in [5.74, 6) is -0.798. The molecule has 1 aliphatic rings. The van der Waals surface area contributed by atoms with E-state index in [9.17, 15) is 14.0 Å². The summed E-state index contributed by atoms with van der Waals surface area (Å²) in [6, 6.07) is 13.2. The number of rotatable bonds is 8. The van der Waals surface area contributed by atoms with Gasteiger partial charge in [0.05, 0.1) is 24.1 Å². The Morgan fingerprint density at radius 3 is 2.69 bits per heavy atom. The molecule has 1 heterocycles. The van der Waals surface area contributed by atoms with E-state index in [1.54, 1.807) is 41.7 Å². The Hall–Kier alpha value is -3.46. The number of methoxy groups -OCH3 is 1. The average molecular weight is 497 g/mol. The van der Waals surface area contributed by atoms with Crippen LogP contribution in [0, 0.1) is 5.82 Å². The number of carbonyl (C=O) groups is 2. The lowest BCUT2D eigenvalue weighted by molar-refractivity contribution is 0.0600. The van der Waals surface area contributed by atoms with E-state index in [-0.39, 0.29) is 23.7 Å². The molecule has 35 heavy (non-hydrogen) atoms. The first kappa shape index (κ1) is 24.7. The second-order valence-electron chi connectivity index (χ2n) is 8.43. The summed E-state index contributed by atoms with van der Waals surface area (Å²) in [4.78, 5) is 32.3. The fourth-order valence-electron chi connectivity index (χ4n) is 4.19. The summed E-state index contributed by atoms with van der Waals surface area (Å²) in [6.07, 6.45) is 3.15. The molecule has 1 unspecified atom stereocenters. The molecule has 4 rings (SSSR count). The van der Waals surface area contributed by atoms with Gasteiger partial charge in [0.1, 0.15) is 5.82 Å². The van der Waals surface area contributed by atoms with Crippen LogP contribution in [0.1, 0.15) is 46.3 Å². The number of ether oxygens (including phenoxy) is 1. The van der Waals surface area contributed by atoms with Crippen LogP contribution in [0.2, 0.25) is 0 Å². The Labute approximate surface area is 208 Å². The summed E-state index contributed by atoms with van der Waals surface area (Å²) < 4.78 is 18.8. The number of benzene rings is 2. The smallest absolute Gasteiger partial charge is 0.337 e. The first-order chi connectivity index (χ1) is 17.0. The van der Waals surface area contributed by atoms with Gasteiger partial charge < -0.3 is 20.3 Å². The molecule has 0 spiro atoms. The number of amides is 2. The molecule has 1 atom stereocenters. The van der Waals surface area contributed by atoms with E-state index >= 15 is 0 Å². The van der Waals surface area contributed by atoms with E-state index in [1.807, 2.05) is 24.0 Å². The molecule has 0 aliphatic heterocycles. The fraction of sp³-hybridized carbons (Fsp3) is 0.346. The molecule has 1 aliphatic carbocycles. The predicted molar refractivity (Wildman–Crippen MR) is 135 cm³/mol. The van der Waals surface area contributed by atoms with Crippen LogP contribution in [0.4, 0.5) is 20.0 Å². The third-order valence-corrected chi connectivity index (χ3v) is 7.09. The maximum absolute atomic E-state index is 14.0. The van der Waals surface area contributed by atoms with Crippen LogP contribution < -0.4 is 10.6 Å². The molecule has 2 amide bonds. The third kappa shape index (κ3) is 5.97. The summed E-state index contributed by atoms with van der Waals surface area (Å²) in [5.41, 5.74) is 2.81. The maximum atomic E-state index is 14.0. The Bertz CT molecular complexity index is 1180. The van der Waals surface area contributed by atoms with Gasteiger partial charge in [-0.2, -0.15) is 0 Å². The molecule has 0 radical (unpaired) electrons. The molecular weight excluding hydrogens is 467 g/mol. The van der Waals surface area contributed by atoms with Crippen molar-refractivity contribution < 1.29 is 18.7 Å². The van der Waals surface area contributed by atoms with Gasteiger partial charge in [0.15, 0.2) is 5.13 Å². The Balaban J connectivity index is 1.39. The Kier molecular flexibility index (Phi) is 7.97. The van der Waals surface area contributed by atoms with Crippen molar-refractivity contribution in [2.45, 2.75) is 45.2 Å². The van der Waals surface area contributed by atoms with E-state index in [2.05, 4.69) is 10.6 Å². The second kappa shape index (κ2) is 11.3. The number of nitrogens with zero attached hydrogens (tertiary/aromatic N) is 2. The van der Waals surface area contributed by atoms with Gasteiger partial charge in [-0.05, 0) is 49.1 Å². The van der Waals surface area contributed by atoms with Gasteiger partial charge in [-0.1, -0.05) is 31.2 Å². The minimum absolute atomic E-state index is 0.0355. The van der Waals surface area contributed by atoms with Gasteiger partial charge in [0, 0.05) is 30.4 Å². The predicted octanol–water partition coefficient (Wildman–Crippen LogP) is 5.48. The van der Waals surface area contributed by atoms with Crippen molar-refractivity contribution in [3.05, 3.63) is 76.0 Å². The normalized spacial score (nSPS) is 14.7. The van der Waals surface area contributed by atoms with Crippen molar-refractivity contribution in [1.82, 2.24) is 9.88 Å². The number of aryl methyl sites for hydroxylation is 1. The van der Waals surface area contributed by atoms with Gasteiger partial charge >= 0.3 is 12.0 Å². The number of thiazole rings is 1. The zero-order chi connectivity index (χ0) is 24.8. The number of hydrogen-bond acceptors (Lipinski definition) is 6. The van der Waals surface area contributed by atoms with Crippen LogP contribution in [-0.4, -0.2) is 41.6 Å². The lowest BCUT2D eigenvalue weighted by atomic mass is 9.96. The van der Waals surface area contributed by atoms with Crippen molar-refractivity contribution in [3.63, 3.8) is 0 Å². The number of urea groups is 1. The van der Waals surface area contributed by atoms with Crippen LogP contribution in [0.25, 0.3) is 0 Å². The summed E-state index contributed by atoms with van der Waals surface area (Å²) in [6.45, 7) is 3.22. The second-order valence-corrected chi connectivity index (χ2v) is 9.51. The summed E-state index contributed by atoms with van der Waals surface area (Å²) in [5, 5.41) is 6.94. The lowest BCUT2D eigenvalue weighted by Gasteiger charge is -2.33. The Morgan fingerprint density at radius 1 is 1.20 bits per heavy atom. The topological polar surface area (TPSA) is 83.6 Å². The van der Waals surface area contributed by atoms with Crippen LogP contribution in [0.5, 0.6) is 0 Å². The first-order valence-electron chi connectivity index (χ1n) is 11.7. The maximum Gasteiger partial charge on any atom is 0.337 e. The van der Waals surface area contributed by atoms with Crippen LogP contribution in [-0.2, 0) is 24.1 Å². The molecule has 2 aromatic carbocycles. The lowest BCUT2D eigenvalue weighted by Crippen LogP contribution is -2.45. The van der Waals surface area contributed by atoms with Gasteiger partial charge in [0.2, 0.25) is 0 Å². The zero-order valence-corrected chi connectivity index (χ0v) is 20.7. The van der Waals surface area contributed by atoms with Crippen molar-refractivity contribution in [2.24, 2.45) is 0 Å². The standard InChI is InChI=1S/C26H29FN4O3S/c1-3-14-31(26(33)30-21-7-5-4-6-20(21)27)19-12-13-22-23(15-19)35-25(29-22)28-16-17-8-10-18(11-9-17)24(32)34-2/h4-11,19H,3,12-16H2,1-2H3,(H,28,29)(H,30,33). The largest absolute Gasteiger partial charge is 0.465 e. The van der Waals surface area contributed by atoms with Gasteiger partial charge in [0.25, 0.3) is 0 Å². The SMILES string of the molecule is CCCN(C(=O)Nc1ccccc1F)C1CCc2nc(NCc3ccc(C(=O)OC)cc3)sc2C1. The van der Waals surface area contributed by atoms with Crippen molar-refractivity contribution in [2.75, 3.05) is 24.3 Å². The highest BCUT2D eigenvalue weighted by atomic mass is 32.1. The first-order valence-corrected chi connectivity index (χ1v) is 12.5. The molecule has 2 N–H and O–H groups in total. The molecule has 0 fully saturated rings. The van der Waals surface area contributed by atoms with Crippen LogP contribution in [0.15, 0.2) is 48.5 Å².